The topological polar surface area (TPSA) is 23.8 Å². The van der Waals surface area contributed by atoms with Crippen LogP contribution in [0.4, 0.5) is 0 Å². The standard InChI is InChI=1S/C12H19N/c1-4-10(3)12-7-9(2)5-6-11(12)8-13/h9-10H,4-7H2,1-3H3. The average Bonchev–Trinajstić information content (AvgIpc) is 2.16. The number of nitriles is 1. The first-order chi connectivity index (χ1) is 6.19. The van der Waals surface area contributed by atoms with Crippen molar-refractivity contribution in [2.24, 2.45) is 11.8 Å². The van der Waals surface area contributed by atoms with Gasteiger partial charge in [-0.2, -0.15) is 5.26 Å². The smallest absolute Gasteiger partial charge is 0.0946 e. The van der Waals surface area contributed by atoms with Gasteiger partial charge in [0.2, 0.25) is 0 Å². The molecule has 1 aliphatic carbocycles. The van der Waals surface area contributed by atoms with Crippen molar-refractivity contribution in [1.82, 2.24) is 0 Å². The zero-order chi connectivity index (χ0) is 9.84. The Hall–Kier alpha value is -0.770. The first-order valence-corrected chi connectivity index (χ1v) is 5.31. The van der Waals surface area contributed by atoms with Crippen LogP contribution in [0.5, 0.6) is 0 Å². The van der Waals surface area contributed by atoms with Crippen molar-refractivity contribution in [1.29, 1.82) is 5.26 Å². The number of nitrogens with zero attached hydrogens (tertiary/aromatic N) is 1. The van der Waals surface area contributed by atoms with Gasteiger partial charge in [-0.1, -0.05) is 26.3 Å². The summed E-state index contributed by atoms with van der Waals surface area (Å²) in [5, 5.41) is 8.98. The van der Waals surface area contributed by atoms with Gasteiger partial charge in [0.05, 0.1) is 6.07 Å². The van der Waals surface area contributed by atoms with Gasteiger partial charge in [-0.3, -0.25) is 0 Å². The number of allylic oxidation sites excluding steroid dienone is 2. The van der Waals surface area contributed by atoms with Gasteiger partial charge in [0.15, 0.2) is 0 Å². The van der Waals surface area contributed by atoms with E-state index in [1.807, 2.05) is 0 Å². The third kappa shape index (κ3) is 2.34. The first-order valence-electron chi connectivity index (χ1n) is 5.31. The van der Waals surface area contributed by atoms with Crippen LogP contribution in [0, 0.1) is 23.2 Å². The molecule has 2 unspecified atom stereocenters. The van der Waals surface area contributed by atoms with Crippen LogP contribution in [0.25, 0.3) is 0 Å². The van der Waals surface area contributed by atoms with E-state index in [4.69, 9.17) is 5.26 Å². The number of rotatable bonds is 2. The Kier molecular flexibility index (Phi) is 3.54. The van der Waals surface area contributed by atoms with E-state index in [1.165, 1.54) is 12.0 Å². The molecule has 2 atom stereocenters. The zero-order valence-electron chi connectivity index (χ0n) is 8.93. The first kappa shape index (κ1) is 10.3. The molecule has 0 aromatic heterocycles. The Labute approximate surface area is 81.5 Å². The second-order valence-corrected chi connectivity index (χ2v) is 4.27. The molecule has 1 nitrogen and oxygen atoms in total. The van der Waals surface area contributed by atoms with Crippen LogP contribution in [-0.4, -0.2) is 0 Å². The molecule has 0 aliphatic heterocycles. The predicted molar refractivity (Wildman–Crippen MR) is 55.1 cm³/mol. The fourth-order valence-corrected chi connectivity index (χ4v) is 2.02. The minimum atomic E-state index is 0.609. The SMILES string of the molecule is CCC(C)C1=C(C#N)CCC(C)C1. The van der Waals surface area contributed by atoms with Crippen molar-refractivity contribution >= 4 is 0 Å². The maximum absolute atomic E-state index is 8.98. The van der Waals surface area contributed by atoms with E-state index >= 15 is 0 Å². The van der Waals surface area contributed by atoms with E-state index in [2.05, 4.69) is 26.8 Å². The van der Waals surface area contributed by atoms with Crippen molar-refractivity contribution in [2.75, 3.05) is 0 Å². The summed E-state index contributed by atoms with van der Waals surface area (Å²) >= 11 is 0. The van der Waals surface area contributed by atoms with E-state index in [-0.39, 0.29) is 0 Å². The normalized spacial score (nSPS) is 25.5. The lowest BCUT2D eigenvalue weighted by Gasteiger charge is -2.25. The van der Waals surface area contributed by atoms with E-state index in [0.717, 1.165) is 30.8 Å². The predicted octanol–water partition coefficient (Wildman–Crippen LogP) is 3.67. The fraction of sp³-hybridized carbons (Fsp3) is 0.750. The van der Waals surface area contributed by atoms with Gasteiger partial charge < -0.3 is 0 Å². The van der Waals surface area contributed by atoms with E-state index in [9.17, 15) is 0 Å². The third-order valence-corrected chi connectivity index (χ3v) is 3.19. The molecule has 0 heterocycles. The highest BCUT2D eigenvalue weighted by Gasteiger charge is 2.20. The molecule has 0 aromatic carbocycles. The van der Waals surface area contributed by atoms with Gasteiger partial charge in [0.25, 0.3) is 0 Å². The molecule has 0 aromatic rings. The molecule has 0 spiro atoms. The van der Waals surface area contributed by atoms with Crippen molar-refractivity contribution in [3.8, 4) is 6.07 Å². The van der Waals surface area contributed by atoms with Crippen LogP contribution in [0.15, 0.2) is 11.1 Å². The summed E-state index contributed by atoms with van der Waals surface area (Å²) in [5.41, 5.74) is 2.51. The van der Waals surface area contributed by atoms with Crippen LogP contribution in [0.3, 0.4) is 0 Å². The number of hydrogen-bond acceptors (Lipinski definition) is 1. The van der Waals surface area contributed by atoms with Crippen LogP contribution >= 0.6 is 0 Å². The average molecular weight is 177 g/mol. The molecule has 0 fully saturated rings. The Balaban J connectivity index is 2.85. The lowest BCUT2D eigenvalue weighted by atomic mass is 9.79. The van der Waals surface area contributed by atoms with Crippen molar-refractivity contribution in [3.63, 3.8) is 0 Å². The lowest BCUT2D eigenvalue weighted by Crippen LogP contribution is -2.12. The Morgan fingerprint density at radius 3 is 2.85 bits per heavy atom. The summed E-state index contributed by atoms with van der Waals surface area (Å²) in [4.78, 5) is 0. The number of hydrogen-bond donors (Lipinski definition) is 0. The highest BCUT2D eigenvalue weighted by Crippen LogP contribution is 2.34. The van der Waals surface area contributed by atoms with Gasteiger partial charge in [0, 0.05) is 5.57 Å². The minimum Gasteiger partial charge on any atom is -0.193 e. The molecule has 1 rings (SSSR count). The molecule has 0 bridgehead atoms. The summed E-state index contributed by atoms with van der Waals surface area (Å²) < 4.78 is 0. The van der Waals surface area contributed by atoms with Crippen LogP contribution in [0.2, 0.25) is 0 Å². The van der Waals surface area contributed by atoms with Gasteiger partial charge in [0.1, 0.15) is 0 Å². The van der Waals surface area contributed by atoms with E-state index in [1.54, 1.807) is 0 Å². The maximum Gasteiger partial charge on any atom is 0.0946 e. The quantitative estimate of drug-likeness (QED) is 0.631. The maximum atomic E-state index is 8.98. The Morgan fingerprint density at radius 2 is 2.31 bits per heavy atom. The minimum absolute atomic E-state index is 0.609. The van der Waals surface area contributed by atoms with E-state index < -0.39 is 0 Å². The third-order valence-electron chi connectivity index (χ3n) is 3.19. The molecule has 72 valence electrons. The second kappa shape index (κ2) is 4.46. The summed E-state index contributed by atoms with van der Waals surface area (Å²) in [6, 6.07) is 2.37. The molecule has 1 heteroatoms. The highest BCUT2D eigenvalue weighted by molar-refractivity contribution is 5.31. The fourth-order valence-electron chi connectivity index (χ4n) is 2.02. The molecule has 1 aliphatic rings. The monoisotopic (exact) mass is 177 g/mol. The van der Waals surface area contributed by atoms with Gasteiger partial charge in [-0.05, 0) is 37.5 Å². The van der Waals surface area contributed by atoms with Crippen LogP contribution in [-0.2, 0) is 0 Å². The Morgan fingerprint density at radius 1 is 1.62 bits per heavy atom. The molecule has 13 heavy (non-hydrogen) atoms. The largest absolute Gasteiger partial charge is 0.193 e. The summed E-state index contributed by atoms with van der Waals surface area (Å²) in [5.74, 6) is 1.39. The van der Waals surface area contributed by atoms with Crippen molar-refractivity contribution < 1.29 is 0 Å². The molecule has 0 N–H and O–H groups in total. The van der Waals surface area contributed by atoms with Gasteiger partial charge >= 0.3 is 0 Å². The second-order valence-electron chi connectivity index (χ2n) is 4.27. The molecular weight excluding hydrogens is 158 g/mol. The van der Waals surface area contributed by atoms with Crippen molar-refractivity contribution in [2.45, 2.75) is 46.5 Å². The molecular formula is C12H19N. The zero-order valence-corrected chi connectivity index (χ0v) is 8.93. The molecule has 0 radical (unpaired) electrons. The van der Waals surface area contributed by atoms with Crippen LogP contribution < -0.4 is 0 Å². The molecule has 0 saturated heterocycles. The molecule has 0 amide bonds. The Bertz CT molecular complexity index is 244. The van der Waals surface area contributed by atoms with Crippen LogP contribution in [0.1, 0.15) is 46.5 Å². The summed E-state index contributed by atoms with van der Waals surface area (Å²) in [6.07, 6.45) is 4.52. The van der Waals surface area contributed by atoms with Gasteiger partial charge in [-0.25, -0.2) is 0 Å². The van der Waals surface area contributed by atoms with Crippen molar-refractivity contribution in [3.05, 3.63) is 11.1 Å². The van der Waals surface area contributed by atoms with E-state index in [0.29, 0.717) is 5.92 Å². The summed E-state index contributed by atoms with van der Waals surface area (Å²) in [6.45, 7) is 6.73. The lowest BCUT2D eigenvalue weighted by molar-refractivity contribution is 0.458. The molecule has 0 saturated carbocycles. The summed E-state index contributed by atoms with van der Waals surface area (Å²) in [7, 11) is 0. The van der Waals surface area contributed by atoms with Gasteiger partial charge in [-0.15, -0.1) is 0 Å². The highest BCUT2D eigenvalue weighted by atomic mass is 14.3.